The van der Waals surface area contributed by atoms with Crippen molar-refractivity contribution in [3.8, 4) is 11.5 Å². The molecule has 0 heterocycles. The maximum absolute atomic E-state index is 12.2. The molecule has 2 rings (SSSR count). The van der Waals surface area contributed by atoms with Crippen LogP contribution in [0.4, 0.5) is 0 Å². The normalized spacial score (nSPS) is 9.76. The Morgan fingerprint density at radius 2 is 1.52 bits per heavy atom. The highest BCUT2D eigenvalue weighted by atomic mass is 16.5. The van der Waals surface area contributed by atoms with E-state index in [2.05, 4.69) is 0 Å². The Bertz CT molecular complexity index is 691. The summed E-state index contributed by atoms with van der Waals surface area (Å²) in [4.78, 5) is 34.1. The van der Waals surface area contributed by atoms with Crippen LogP contribution in [0.1, 0.15) is 27.6 Å². The van der Waals surface area contributed by atoms with Crippen molar-refractivity contribution in [1.29, 1.82) is 0 Å². The van der Waals surface area contributed by atoms with Crippen molar-refractivity contribution < 1.29 is 23.9 Å². The van der Waals surface area contributed by atoms with Gasteiger partial charge in [0.25, 0.3) is 0 Å². The zero-order chi connectivity index (χ0) is 15.2. The van der Waals surface area contributed by atoms with Gasteiger partial charge in [0, 0.05) is 6.92 Å². The molecule has 5 heteroatoms. The monoisotopic (exact) mass is 284 g/mol. The molecule has 0 unspecified atom stereocenters. The SMILES string of the molecule is CC(=O)Oc1ccccc1C(=O)Oc1ccccc1C=O. The minimum atomic E-state index is -0.707. The van der Waals surface area contributed by atoms with Crippen LogP contribution in [0.2, 0.25) is 0 Å². The lowest BCUT2D eigenvalue weighted by atomic mass is 10.2. The van der Waals surface area contributed by atoms with Crippen molar-refractivity contribution in [2.24, 2.45) is 0 Å². The second-order valence-electron chi connectivity index (χ2n) is 4.13. The molecule has 2 aromatic carbocycles. The fraction of sp³-hybridized carbons (Fsp3) is 0.0625. The van der Waals surface area contributed by atoms with Gasteiger partial charge in [-0.3, -0.25) is 9.59 Å². The number of benzene rings is 2. The fourth-order valence-corrected chi connectivity index (χ4v) is 1.70. The van der Waals surface area contributed by atoms with E-state index in [0.717, 1.165) is 0 Å². The van der Waals surface area contributed by atoms with Crippen LogP contribution in [0.5, 0.6) is 11.5 Å². The molecule has 0 aromatic heterocycles. The fourth-order valence-electron chi connectivity index (χ4n) is 1.70. The average Bonchev–Trinajstić information content (AvgIpc) is 2.47. The molecule has 21 heavy (non-hydrogen) atoms. The first kappa shape index (κ1) is 14.5. The molecule has 0 aliphatic heterocycles. The number of carbonyl (C=O) groups excluding carboxylic acids is 3. The van der Waals surface area contributed by atoms with Gasteiger partial charge in [0.15, 0.2) is 6.29 Å². The number of hydrogen-bond acceptors (Lipinski definition) is 5. The largest absolute Gasteiger partial charge is 0.426 e. The molecule has 0 saturated carbocycles. The molecule has 0 radical (unpaired) electrons. The summed E-state index contributed by atoms with van der Waals surface area (Å²) >= 11 is 0. The first-order valence-corrected chi connectivity index (χ1v) is 6.15. The van der Waals surface area contributed by atoms with Gasteiger partial charge in [0.1, 0.15) is 17.1 Å². The van der Waals surface area contributed by atoms with Crippen LogP contribution < -0.4 is 9.47 Å². The van der Waals surface area contributed by atoms with E-state index < -0.39 is 11.9 Å². The molecule has 0 bridgehead atoms. The van der Waals surface area contributed by atoms with Gasteiger partial charge in [-0.2, -0.15) is 0 Å². The third kappa shape index (κ3) is 3.54. The summed E-state index contributed by atoms with van der Waals surface area (Å²) in [7, 11) is 0. The lowest BCUT2D eigenvalue weighted by molar-refractivity contribution is -0.131. The lowest BCUT2D eigenvalue weighted by Gasteiger charge is -2.09. The molecule has 0 aliphatic rings. The van der Waals surface area contributed by atoms with Crippen molar-refractivity contribution in [2.45, 2.75) is 6.92 Å². The van der Waals surface area contributed by atoms with Gasteiger partial charge < -0.3 is 9.47 Å². The van der Waals surface area contributed by atoms with Crippen molar-refractivity contribution >= 4 is 18.2 Å². The van der Waals surface area contributed by atoms with E-state index in [1.165, 1.54) is 31.2 Å². The van der Waals surface area contributed by atoms with E-state index in [9.17, 15) is 14.4 Å². The summed E-state index contributed by atoms with van der Waals surface area (Å²) in [6.45, 7) is 1.24. The van der Waals surface area contributed by atoms with Gasteiger partial charge >= 0.3 is 11.9 Å². The summed E-state index contributed by atoms with van der Waals surface area (Å²) in [5.41, 5.74) is 0.365. The van der Waals surface area contributed by atoms with Crippen LogP contribution in [0.3, 0.4) is 0 Å². The molecule has 0 fully saturated rings. The van der Waals surface area contributed by atoms with Crippen LogP contribution in [0, 0.1) is 0 Å². The van der Waals surface area contributed by atoms with Gasteiger partial charge in [-0.1, -0.05) is 24.3 Å². The molecule has 0 N–H and O–H groups in total. The second kappa shape index (κ2) is 6.47. The Kier molecular flexibility index (Phi) is 4.46. The molecule has 0 saturated heterocycles. The third-order valence-electron chi connectivity index (χ3n) is 2.61. The molecule has 2 aromatic rings. The molecule has 0 atom stereocenters. The average molecular weight is 284 g/mol. The van der Waals surface area contributed by atoms with Gasteiger partial charge in [-0.25, -0.2) is 4.79 Å². The Balaban J connectivity index is 2.28. The highest BCUT2D eigenvalue weighted by Gasteiger charge is 2.17. The highest BCUT2D eigenvalue weighted by Crippen LogP contribution is 2.22. The van der Waals surface area contributed by atoms with Crippen molar-refractivity contribution in [3.63, 3.8) is 0 Å². The number of rotatable bonds is 4. The summed E-state index contributed by atoms with van der Waals surface area (Å²) in [6, 6.07) is 12.6. The van der Waals surface area contributed by atoms with Crippen molar-refractivity contribution in [2.75, 3.05) is 0 Å². The van der Waals surface area contributed by atoms with Crippen molar-refractivity contribution in [1.82, 2.24) is 0 Å². The molecule has 5 nitrogen and oxygen atoms in total. The molecule has 0 aliphatic carbocycles. The third-order valence-corrected chi connectivity index (χ3v) is 2.61. The van der Waals surface area contributed by atoms with Crippen LogP contribution in [0.15, 0.2) is 48.5 Å². The molecule has 106 valence electrons. The summed E-state index contributed by atoms with van der Waals surface area (Å²) in [5.74, 6) is -0.988. The van der Waals surface area contributed by atoms with Crippen LogP contribution in [0.25, 0.3) is 0 Å². The number of ether oxygens (including phenoxy) is 2. The standard InChI is InChI=1S/C16H12O5/c1-11(18)20-15-9-5-3-7-13(15)16(19)21-14-8-4-2-6-12(14)10-17/h2-10H,1H3. The second-order valence-corrected chi connectivity index (χ2v) is 4.13. The zero-order valence-corrected chi connectivity index (χ0v) is 11.2. The minimum absolute atomic E-state index is 0.105. The van der Waals surface area contributed by atoms with Crippen LogP contribution >= 0.6 is 0 Å². The van der Waals surface area contributed by atoms with Gasteiger partial charge in [0.05, 0.1) is 5.56 Å². The van der Waals surface area contributed by atoms with E-state index in [4.69, 9.17) is 9.47 Å². The topological polar surface area (TPSA) is 69.7 Å². The Morgan fingerprint density at radius 1 is 0.905 bits per heavy atom. The van der Waals surface area contributed by atoms with Crippen LogP contribution in [-0.2, 0) is 4.79 Å². The Hall–Kier alpha value is -2.95. The summed E-state index contributed by atoms with van der Waals surface area (Å²) in [6.07, 6.45) is 0.598. The summed E-state index contributed by atoms with van der Waals surface area (Å²) in [5, 5.41) is 0. The first-order chi connectivity index (χ1) is 10.1. The highest BCUT2D eigenvalue weighted by molar-refractivity contribution is 5.95. The van der Waals surface area contributed by atoms with Gasteiger partial charge in [-0.15, -0.1) is 0 Å². The van der Waals surface area contributed by atoms with E-state index >= 15 is 0 Å². The predicted octanol–water partition coefficient (Wildman–Crippen LogP) is 2.64. The maximum Gasteiger partial charge on any atom is 0.347 e. The predicted molar refractivity (Wildman–Crippen MR) is 74.5 cm³/mol. The molecular weight excluding hydrogens is 272 g/mol. The quantitative estimate of drug-likeness (QED) is 0.490. The number of aldehydes is 1. The van der Waals surface area contributed by atoms with Crippen molar-refractivity contribution in [3.05, 3.63) is 59.7 Å². The number of hydrogen-bond donors (Lipinski definition) is 0. The van der Waals surface area contributed by atoms with Gasteiger partial charge in [0.2, 0.25) is 0 Å². The molecule has 0 amide bonds. The van der Waals surface area contributed by atoms with E-state index in [1.54, 1.807) is 24.3 Å². The minimum Gasteiger partial charge on any atom is -0.426 e. The number of carbonyl (C=O) groups is 3. The Labute approximate surface area is 121 Å². The zero-order valence-electron chi connectivity index (χ0n) is 11.2. The first-order valence-electron chi connectivity index (χ1n) is 6.15. The van der Waals surface area contributed by atoms with E-state index in [1.807, 2.05) is 0 Å². The molecular formula is C16H12O5. The Morgan fingerprint density at radius 3 is 2.19 bits per heavy atom. The number of para-hydroxylation sites is 2. The number of esters is 2. The van der Waals surface area contributed by atoms with Crippen LogP contribution in [-0.4, -0.2) is 18.2 Å². The smallest absolute Gasteiger partial charge is 0.347 e. The van der Waals surface area contributed by atoms with E-state index in [0.29, 0.717) is 6.29 Å². The maximum atomic E-state index is 12.2. The van der Waals surface area contributed by atoms with E-state index in [-0.39, 0.29) is 22.6 Å². The lowest BCUT2D eigenvalue weighted by Crippen LogP contribution is -2.13. The molecule has 0 spiro atoms. The summed E-state index contributed by atoms with van der Waals surface area (Å²) < 4.78 is 10.1. The van der Waals surface area contributed by atoms with Gasteiger partial charge in [-0.05, 0) is 24.3 Å².